The van der Waals surface area contributed by atoms with Crippen LogP contribution >= 0.6 is 0 Å². The van der Waals surface area contributed by atoms with Crippen LogP contribution < -0.4 is 16.0 Å². The monoisotopic (exact) mass is 396 g/mol. The van der Waals surface area contributed by atoms with Crippen LogP contribution in [0.25, 0.3) is 0 Å². The maximum absolute atomic E-state index is 13.2. The highest BCUT2D eigenvalue weighted by Gasteiger charge is 2.42. The van der Waals surface area contributed by atoms with Gasteiger partial charge < -0.3 is 15.5 Å². The van der Waals surface area contributed by atoms with Crippen molar-refractivity contribution in [1.29, 1.82) is 0 Å². The van der Waals surface area contributed by atoms with E-state index in [1.165, 1.54) is 25.7 Å². The summed E-state index contributed by atoms with van der Waals surface area (Å²) >= 11 is 0. The molecule has 3 heterocycles. The number of fused-ring (bicyclic) bond motifs is 1. The number of benzene rings is 1. The second kappa shape index (κ2) is 7.22. The fourth-order valence-electron chi connectivity index (χ4n) is 5.65. The minimum absolute atomic E-state index is 0.0905. The molecule has 1 spiro atoms. The summed E-state index contributed by atoms with van der Waals surface area (Å²) in [6.45, 7) is 2.23. The predicted octanol–water partition coefficient (Wildman–Crippen LogP) is 1.21. The molecule has 4 aliphatic rings. The van der Waals surface area contributed by atoms with E-state index in [4.69, 9.17) is 0 Å². The molecule has 1 aromatic carbocycles. The number of piperidine rings is 1. The molecule has 3 N–H and O–H groups in total. The smallest absolute Gasteiger partial charge is 0.255 e. The molecule has 1 saturated carbocycles. The fourth-order valence-corrected chi connectivity index (χ4v) is 5.65. The Morgan fingerprint density at radius 2 is 2.07 bits per heavy atom. The number of hydrogen-bond donors (Lipinski definition) is 3. The number of imide groups is 1. The normalized spacial score (nSPS) is 31.6. The quantitative estimate of drug-likeness (QED) is 0.666. The van der Waals surface area contributed by atoms with E-state index in [0.717, 1.165) is 29.7 Å². The van der Waals surface area contributed by atoms with Crippen LogP contribution in [0.1, 0.15) is 66.4 Å². The number of carbonyl (C=O) groups excluding carboxylic acids is 3. The van der Waals surface area contributed by atoms with Crippen molar-refractivity contribution in [2.45, 2.75) is 75.7 Å². The van der Waals surface area contributed by atoms with Crippen LogP contribution in [0.5, 0.6) is 0 Å². The van der Waals surface area contributed by atoms with Crippen LogP contribution in [-0.4, -0.2) is 46.8 Å². The van der Waals surface area contributed by atoms with Crippen molar-refractivity contribution >= 4 is 17.7 Å². The lowest BCUT2D eigenvalue weighted by atomic mass is 9.95. The van der Waals surface area contributed by atoms with Crippen molar-refractivity contribution in [3.63, 3.8) is 0 Å². The van der Waals surface area contributed by atoms with Crippen LogP contribution in [0.2, 0.25) is 0 Å². The number of nitrogens with one attached hydrogen (secondary N) is 3. The SMILES string of the molecule is O=C1CCC(N2Cc3cccc(CNC4CCC5(CCCN5)C4)c3C2=O)C(=O)N1. The minimum Gasteiger partial charge on any atom is -0.322 e. The first-order chi connectivity index (χ1) is 14.0. The summed E-state index contributed by atoms with van der Waals surface area (Å²) in [5, 5.41) is 9.73. The molecular weight excluding hydrogens is 368 g/mol. The third-order valence-corrected chi connectivity index (χ3v) is 7.16. The zero-order valence-electron chi connectivity index (χ0n) is 16.6. The minimum atomic E-state index is -0.559. The predicted molar refractivity (Wildman–Crippen MR) is 107 cm³/mol. The molecule has 7 heteroatoms. The largest absolute Gasteiger partial charge is 0.322 e. The zero-order valence-corrected chi connectivity index (χ0v) is 16.6. The molecule has 1 aliphatic carbocycles. The van der Waals surface area contributed by atoms with E-state index >= 15 is 0 Å². The van der Waals surface area contributed by atoms with Gasteiger partial charge in [0.05, 0.1) is 0 Å². The Bertz CT molecular complexity index is 862. The van der Waals surface area contributed by atoms with Gasteiger partial charge in [-0.15, -0.1) is 0 Å². The number of rotatable bonds is 4. The maximum atomic E-state index is 13.2. The topological polar surface area (TPSA) is 90.5 Å². The third kappa shape index (κ3) is 3.36. The molecule has 0 aromatic heterocycles. The van der Waals surface area contributed by atoms with E-state index < -0.39 is 6.04 Å². The van der Waals surface area contributed by atoms with Crippen molar-refractivity contribution in [2.24, 2.45) is 0 Å². The van der Waals surface area contributed by atoms with Gasteiger partial charge in [-0.2, -0.15) is 0 Å². The molecule has 7 nitrogen and oxygen atoms in total. The highest BCUT2D eigenvalue weighted by Crippen LogP contribution is 2.37. The maximum Gasteiger partial charge on any atom is 0.255 e. The van der Waals surface area contributed by atoms with Gasteiger partial charge in [-0.1, -0.05) is 18.2 Å². The van der Waals surface area contributed by atoms with Crippen molar-refractivity contribution in [2.75, 3.05) is 6.54 Å². The van der Waals surface area contributed by atoms with Gasteiger partial charge in [0, 0.05) is 36.7 Å². The van der Waals surface area contributed by atoms with E-state index in [9.17, 15) is 14.4 Å². The second-order valence-electron chi connectivity index (χ2n) is 8.98. The Morgan fingerprint density at radius 1 is 1.17 bits per heavy atom. The zero-order chi connectivity index (χ0) is 20.0. The molecular formula is C22H28N4O3. The van der Waals surface area contributed by atoms with Gasteiger partial charge in [-0.05, 0) is 56.2 Å². The molecule has 3 aliphatic heterocycles. The summed E-state index contributed by atoms with van der Waals surface area (Å²) in [4.78, 5) is 38.5. The lowest BCUT2D eigenvalue weighted by Crippen LogP contribution is -2.52. The van der Waals surface area contributed by atoms with E-state index in [0.29, 0.717) is 31.1 Å². The lowest BCUT2D eigenvalue weighted by Gasteiger charge is -2.29. The Morgan fingerprint density at radius 3 is 2.86 bits per heavy atom. The van der Waals surface area contributed by atoms with E-state index in [1.807, 2.05) is 18.2 Å². The van der Waals surface area contributed by atoms with E-state index in [2.05, 4.69) is 16.0 Å². The Balaban J connectivity index is 1.28. The highest BCUT2D eigenvalue weighted by molar-refractivity contribution is 6.05. The van der Waals surface area contributed by atoms with Gasteiger partial charge in [0.25, 0.3) is 5.91 Å². The van der Waals surface area contributed by atoms with Crippen LogP contribution in [0.3, 0.4) is 0 Å². The lowest BCUT2D eigenvalue weighted by molar-refractivity contribution is -0.136. The molecule has 1 aromatic rings. The summed E-state index contributed by atoms with van der Waals surface area (Å²) < 4.78 is 0. The van der Waals surface area contributed by atoms with Crippen LogP contribution in [0.4, 0.5) is 0 Å². The average molecular weight is 396 g/mol. The van der Waals surface area contributed by atoms with Gasteiger partial charge in [0.2, 0.25) is 11.8 Å². The summed E-state index contributed by atoms with van der Waals surface area (Å²) in [5.74, 6) is -0.707. The molecule has 0 radical (unpaired) electrons. The van der Waals surface area contributed by atoms with Crippen molar-refractivity contribution in [1.82, 2.24) is 20.9 Å². The molecule has 3 unspecified atom stereocenters. The number of carbonyl (C=O) groups is 3. The van der Waals surface area contributed by atoms with Gasteiger partial charge in [-0.3, -0.25) is 19.7 Å². The summed E-state index contributed by atoms with van der Waals surface area (Å²) in [5.41, 5.74) is 3.03. The van der Waals surface area contributed by atoms with Gasteiger partial charge in [0.1, 0.15) is 6.04 Å². The fraction of sp³-hybridized carbons (Fsp3) is 0.591. The Labute approximate surface area is 170 Å². The standard InChI is InChI=1S/C22H28N4O3/c27-18-6-5-17(20(28)25-18)26-13-15-4-1-3-14(19(15)21(26)29)12-23-16-7-9-22(11-16)8-2-10-24-22/h1,3-4,16-17,23-24H,2,5-13H2,(H,25,27,28). The van der Waals surface area contributed by atoms with Crippen molar-refractivity contribution < 1.29 is 14.4 Å². The van der Waals surface area contributed by atoms with Gasteiger partial charge >= 0.3 is 0 Å². The van der Waals surface area contributed by atoms with Gasteiger partial charge in [0.15, 0.2) is 0 Å². The van der Waals surface area contributed by atoms with Crippen molar-refractivity contribution in [3.05, 3.63) is 34.9 Å². The molecule has 3 amide bonds. The molecule has 2 saturated heterocycles. The van der Waals surface area contributed by atoms with Crippen molar-refractivity contribution in [3.8, 4) is 0 Å². The average Bonchev–Trinajstić information content (AvgIpc) is 3.41. The second-order valence-corrected chi connectivity index (χ2v) is 8.98. The van der Waals surface area contributed by atoms with Crippen LogP contribution in [0, 0.1) is 0 Å². The first kappa shape index (κ1) is 18.8. The Kier molecular flexibility index (Phi) is 4.67. The summed E-state index contributed by atoms with van der Waals surface area (Å²) in [6.07, 6.45) is 6.75. The van der Waals surface area contributed by atoms with Crippen LogP contribution in [0.15, 0.2) is 18.2 Å². The molecule has 154 valence electrons. The molecule has 3 fully saturated rings. The molecule has 0 bridgehead atoms. The molecule has 3 atom stereocenters. The van der Waals surface area contributed by atoms with E-state index in [1.54, 1.807) is 4.90 Å². The summed E-state index contributed by atoms with van der Waals surface area (Å²) in [6, 6.07) is 5.88. The Hall–Kier alpha value is -2.25. The number of nitrogens with zero attached hydrogens (tertiary/aromatic N) is 1. The van der Waals surface area contributed by atoms with E-state index in [-0.39, 0.29) is 24.1 Å². The first-order valence-corrected chi connectivity index (χ1v) is 10.8. The number of amides is 3. The molecule has 29 heavy (non-hydrogen) atoms. The summed E-state index contributed by atoms with van der Waals surface area (Å²) in [7, 11) is 0. The highest BCUT2D eigenvalue weighted by atomic mass is 16.2. The first-order valence-electron chi connectivity index (χ1n) is 10.8. The number of hydrogen-bond acceptors (Lipinski definition) is 5. The molecule has 5 rings (SSSR count). The third-order valence-electron chi connectivity index (χ3n) is 7.16. The van der Waals surface area contributed by atoms with Gasteiger partial charge in [-0.25, -0.2) is 0 Å². The van der Waals surface area contributed by atoms with Crippen LogP contribution in [-0.2, 0) is 22.7 Å².